The van der Waals surface area contributed by atoms with Crippen LogP contribution in [0.2, 0.25) is 0 Å². The molecule has 0 saturated carbocycles. The van der Waals surface area contributed by atoms with E-state index in [9.17, 15) is 15.0 Å². The molecule has 5 N–H and O–H groups in total. The summed E-state index contributed by atoms with van der Waals surface area (Å²) in [5, 5.41) is 28.5. The SMILES string of the molecule is C#CN1C(=O)N([C@@H]2O[C@H](CO)[C@@H](O)[C@H]2O)CC=C1N. The first-order valence-electron chi connectivity index (χ1n) is 5.66. The topological polar surface area (TPSA) is 119 Å². The standard InChI is InChI=1S/C11H15N3O5/c1-2-13-7(12)3-4-14(11(13)18)10-9(17)8(16)6(5-15)19-10/h1,3,6,8-10,15-17H,4-5,12H2/t6-,8-,9-,10-/m1/s1. The monoisotopic (exact) mass is 269 g/mol. The van der Waals surface area contributed by atoms with Crippen LogP contribution in [0.4, 0.5) is 4.79 Å². The predicted molar refractivity (Wildman–Crippen MR) is 62.8 cm³/mol. The summed E-state index contributed by atoms with van der Waals surface area (Å²) in [7, 11) is 0. The molecule has 0 aromatic heterocycles. The van der Waals surface area contributed by atoms with Crippen LogP contribution in [0, 0.1) is 12.5 Å². The van der Waals surface area contributed by atoms with Crippen molar-refractivity contribution in [3.63, 3.8) is 0 Å². The summed E-state index contributed by atoms with van der Waals surface area (Å²) in [4.78, 5) is 14.1. The second kappa shape index (κ2) is 5.07. The minimum absolute atomic E-state index is 0.0927. The summed E-state index contributed by atoms with van der Waals surface area (Å²) in [5.41, 5.74) is 5.56. The van der Waals surface area contributed by atoms with E-state index in [4.69, 9.17) is 22.0 Å². The average Bonchev–Trinajstić information content (AvgIpc) is 2.67. The normalized spacial score (nSPS) is 35.3. The predicted octanol–water partition coefficient (Wildman–Crippen LogP) is -2.45. The molecule has 2 heterocycles. The van der Waals surface area contributed by atoms with Crippen molar-refractivity contribution in [1.82, 2.24) is 9.80 Å². The fourth-order valence-corrected chi connectivity index (χ4v) is 2.08. The van der Waals surface area contributed by atoms with E-state index in [1.54, 1.807) is 0 Å². The molecule has 0 aromatic carbocycles. The highest BCUT2D eigenvalue weighted by Gasteiger charge is 2.47. The summed E-state index contributed by atoms with van der Waals surface area (Å²) in [6.45, 7) is -0.372. The molecule has 8 nitrogen and oxygen atoms in total. The molecule has 104 valence electrons. The Morgan fingerprint density at radius 1 is 1.53 bits per heavy atom. The van der Waals surface area contributed by atoms with Gasteiger partial charge in [-0.25, -0.2) is 9.69 Å². The molecule has 2 aliphatic rings. The largest absolute Gasteiger partial charge is 0.394 e. The van der Waals surface area contributed by atoms with E-state index in [1.807, 2.05) is 0 Å². The van der Waals surface area contributed by atoms with Gasteiger partial charge in [-0.05, 0) is 6.08 Å². The minimum Gasteiger partial charge on any atom is -0.394 e. The number of aliphatic hydroxyl groups is 3. The molecular formula is C11H15N3O5. The number of nitrogens with two attached hydrogens (primary N) is 1. The molecule has 8 heteroatoms. The van der Waals surface area contributed by atoms with Crippen molar-refractivity contribution in [3.05, 3.63) is 11.9 Å². The van der Waals surface area contributed by atoms with E-state index >= 15 is 0 Å². The Bertz CT molecular complexity index is 446. The molecule has 2 amide bonds. The van der Waals surface area contributed by atoms with Crippen LogP contribution in [-0.4, -0.2) is 68.8 Å². The first kappa shape index (κ1) is 13.6. The minimum atomic E-state index is -1.33. The van der Waals surface area contributed by atoms with Gasteiger partial charge in [-0.2, -0.15) is 0 Å². The number of hydrogen-bond donors (Lipinski definition) is 4. The van der Waals surface area contributed by atoms with E-state index in [-0.39, 0.29) is 12.4 Å². The van der Waals surface area contributed by atoms with Gasteiger partial charge in [-0.1, -0.05) is 6.42 Å². The third kappa shape index (κ3) is 2.13. The molecule has 0 spiro atoms. The number of rotatable bonds is 2. The highest BCUT2D eigenvalue weighted by atomic mass is 16.6. The van der Waals surface area contributed by atoms with Crippen molar-refractivity contribution in [2.24, 2.45) is 5.73 Å². The van der Waals surface area contributed by atoms with Crippen LogP contribution in [-0.2, 0) is 4.74 Å². The van der Waals surface area contributed by atoms with Gasteiger partial charge >= 0.3 is 6.03 Å². The molecule has 0 radical (unpaired) electrons. The van der Waals surface area contributed by atoms with Gasteiger partial charge in [-0.3, -0.25) is 4.90 Å². The van der Waals surface area contributed by atoms with Crippen LogP contribution in [0.15, 0.2) is 11.9 Å². The van der Waals surface area contributed by atoms with Crippen molar-refractivity contribution in [2.45, 2.75) is 24.5 Å². The molecule has 0 aliphatic carbocycles. The smallest absolute Gasteiger partial charge is 0.340 e. The molecule has 2 rings (SSSR count). The maximum atomic E-state index is 12.1. The Labute approximate surface area is 109 Å². The van der Waals surface area contributed by atoms with Gasteiger partial charge in [0.1, 0.15) is 24.1 Å². The van der Waals surface area contributed by atoms with Gasteiger partial charge in [0.2, 0.25) is 0 Å². The van der Waals surface area contributed by atoms with Gasteiger partial charge in [0, 0.05) is 12.6 Å². The maximum absolute atomic E-state index is 12.1. The maximum Gasteiger partial charge on any atom is 0.340 e. The Balaban J connectivity index is 2.20. The van der Waals surface area contributed by atoms with E-state index in [0.29, 0.717) is 0 Å². The van der Waals surface area contributed by atoms with Gasteiger partial charge in [0.25, 0.3) is 0 Å². The lowest BCUT2D eigenvalue weighted by Crippen LogP contribution is -2.54. The summed E-state index contributed by atoms with van der Waals surface area (Å²) >= 11 is 0. The van der Waals surface area contributed by atoms with Crippen molar-refractivity contribution in [3.8, 4) is 12.5 Å². The van der Waals surface area contributed by atoms with Gasteiger partial charge in [0.05, 0.1) is 6.61 Å². The number of terminal acetylenes is 1. The molecule has 2 aliphatic heterocycles. The lowest BCUT2D eigenvalue weighted by Gasteiger charge is -2.35. The fourth-order valence-electron chi connectivity index (χ4n) is 2.08. The number of amides is 2. The van der Waals surface area contributed by atoms with Crippen LogP contribution in [0.5, 0.6) is 0 Å². The molecule has 0 bridgehead atoms. The quantitative estimate of drug-likeness (QED) is 0.413. The van der Waals surface area contributed by atoms with E-state index < -0.39 is 37.2 Å². The Morgan fingerprint density at radius 2 is 2.21 bits per heavy atom. The molecular weight excluding hydrogens is 254 g/mol. The van der Waals surface area contributed by atoms with Crippen molar-refractivity contribution < 1.29 is 24.9 Å². The lowest BCUT2D eigenvalue weighted by molar-refractivity contribution is -0.0795. The molecule has 19 heavy (non-hydrogen) atoms. The van der Waals surface area contributed by atoms with Crippen molar-refractivity contribution in [1.29, 1.82) is 0 Å². The highest BCUT2D eigenvalue weighted by molar-refractivity contribution is 5.79. The zero-order valence-electron chi connectivity index (χ0n) is 10.0. The first-order valence-corrected chi connectivity index (χ1v) is 5.66. The number of nitrogens with zero attached hydrogens (tertiary/aromatic N) is 2. The van der Waals surface area contributed by atoms with Crippen LogP contribution in [0.1, 0.15) is 0 Å². The number of aliphatic hydroxyl groups excluding tert-OH is 3. The Kier molecular flexibility index (Phi) is 3.64. The fraction of sp³-hybridized carbons (Fsp3) is 0.545. The Morgan fingerprint density at radius 3 is 2.74 bits per heavy atom. The van der Waals surface area contributed by atoms with Gasteiger partial charge < -0.3 is 25.8 Å². The summed E-state index contributed by atoms with van der Waals surface area (Å²) < 4.78 is 5.26. The summed E-state index contributed by atoms with van der Waals surface area (Å²) in [5.74, 6) is 0.121. The van der Waals surface area contributed by atoms with Crippen molar-refractivity contribution in [2.75, 3.05) is 13.2 Å². The number of hydrogen-bond acceptors (Lipinski definition) is 6. The molecule has 1 fully saturated rings. The van der Waals surface area contributed by atoms with Gasteiger partial charge in [-0.15, -0.1) is 0 Å². The second-order valence-electron chi connectivity index (χ2n) is 4.26. The number of carbonyl (C=O) groups is 1. The third-order valence-electron chi connectivity index (χ3n) is 3.15. The molecule has 1 saturated heterocycles. The van der Waals surface area contributed by atoms with Gasteiger partial charge in [0.15, 0.2) is 6.23 Å². The molecule has 0 unspecified atom stereocenters. The van der Waals surface area contributed by atoms with Crippen LogP contribution >= 0.6 is 0 Å². The van der Waals surface area contributed by atoms with E-state index in [1.165, 1.54) is 6.08 Å². The number of urea groups is 1. The lowest BCUT2D eigenvalue weighted by atomic mass is 10.1. The summed E-state index contributed by atoms with van der Waals surface area (Å²) in [6.07, 6.45) is 2.04. The summed E-state index contributed by atoms with van der Waals surface area (Å²) in [6, 6.07) is 1.48. The molecule has 0 aromatic rings. The van der Waals surface area contributed by atoms with E-state index in [0.717, 1.165) is 9.80 Å². The second-order valence-corrected chi connectivity index (χ2v) is 4.26. The first-order chi connectivity index (χ1) is 9.01. The third-order valence-corrected chi connectivity index (χ3v) is 3.15. The van der Waals surface area contributed by atoms with E-state index in [2.05, 4.69) is 6.04 Å². The molecule has 4 atom stereocenters. The highest BCUT2D eigenvalue weighted by Crippen LogP contribution is 2.26. The Hall–Kier alpha value is -1.79. The zero-order valence-corrected chi connectivity index (χ0v) is 10.0. The van der Waals surface area contributed by atoms with Crippen LogP contribution < -0.4 is 5.73 Å². The number of ether oxygens (including phenoxy) is 1. The van der Waals surface area contributed by atoms with Crippen LogP contribution in [0.25, 0.3) is 0 Å². The number of carbonyl (C=O) groups excluding carboxylic acids is 1. The zero-order chi connectivity index (χ0) is 14.2. The average molecular weight is 269 g/mol. The van der Waals surface area contributed by atoms with Crippen molar-refractivity contribution >= 4 is 6.03 Å². The van der Waals surface area contributed by atoms with Crippen LogP contribution in [0.3, 0.4) is 0 Å².